The molecule has 2 rings (SSSR count). The van der Waals surface area contributed by atoms with Crippen LogP contribution in [0.3, 0.4) is 0 Å². The van der Waals surface area contributed by atoms with Crippen LogP contribution in [0.4, 0.5) is 14.5 Å². The van der Waals surface area contributed by atoms with E-state index in [0.29, 0.717) is 6.54 Å². The van der Waals surface area contributed by atoms with Gasteiger partial charge < -0.3 is 15.0 Å². The molecule has 0 bridgehead atoms. The van der Waals surface area contributed by atoms with Crippen LogP contribution in [0.1, 0.15) is 6.92 Å². The van der Waals surface area contributed by atoms with Gasteiger partial charge >= 0.3 is 5.56 Å². The van der Waals surface area contributed by atoms with Gasteiger partial charge in [0.2, 0.25) is 0 Å². The first kappa shape index (κ1) is 13.0. The van der Waals surface area contributed by atoms with Crippen molar-refractivity contribution in [3.05, 3.63) is 46.5 Å². The largest absolute Gasteiger partial charge is 0.431 e. The van der Waals surface area contributed by atoms with E-state index >= 15 is 0 Å². The summed E-state index contributed by atoms with van der Waals surface area (Å²) in [6.07, 6.45) is 2.81. The number of aryl methyl sites for hydroxylation is 1. The van der Waals surface area contributed by atoms with E-state index in [4.69, 9.17) is 10.5 Å². The average Bonchev–Trinajstić information content (AvgIpc) is 2.38. The Morgan fingerprint density at radius 1 is 1.37 bits per heavy atom. The van der Waals surface area contributed by atoms with E-state index in [1.54, 1.807) is 6.92 Å². The van der Waals surface area contributed by atoms with Crippen molar-refractivity contribution in [3.8, 4) is 11.6 Å². The molecule has 0 fully saturated rings. The molecule has 0 unspecified atom stereocenters. The molecule has 0 spiro atoms. The molecule has 1 heterocycles. The zero-order valence-electron chi connectivity index (χ0n) is 10.1. The quantitative estimate of drug-likeness (QED) is 0.862. The van der Waals surface area contributed by atoms with E-state index in [2.05, 4.69) is 4.98 Å². The van der Waals surface area contributed by atoms with Crippen molar-refractivity contribution in [2.24, 2.45) is 0 Å². The third-order valence-corrected chi connectivity index (χ3v) is 2.48. The first-order chi connectivity index (χ1) is 9.02. The number of nitrogens with zero attached hydrogens (tertiary/aromatic N) is 2. The number of nitrogen functional groups attached to an aromatic ring is 1. The Bertz CT molecular complexity index is 671. The van der Waals surface area contributed by atoms with Gasteiger partial charge in [0.25, 0.3) is 5.88 Å². The Kier molecular flexibility index (Phi) is 3.46. The van der Waals surface area contributed by atoms with Crippen LogP contribution < -0.4 is 16.0 Å². The molecule has 100 valence electrons. The normalized spacial score (nSPS) is 10.5. The van der Waals surface area contributed by atoms with Crippen LogP contribution in [0.2, 0.25) is 0 Å². The number of rotatable bonds is 3. The minimum Gasteiger partial charge on any atom is -0.431 e. The molecule has 2 N–H and O–H groups in total. The van der Waals surface area contributed by atoms with Crippen LogP contribution in [0.25, 0.3) is 0 Å². The van der Waals surface area contributed by atoms with Crippen LogP contribution in [-0.4, -0.2) is 9.55 Å². The molecule has 19 heavy (non-hydrogen) atoms. The van der Waals surface area contributed by atoms with Crippen LogP contribution in [0.15, 0.2) is 29.3 Å². The smallest absolute Gasteiger partial charge is 0.313 e. The van der Waals surface area contributed by atoms with E-state index in [-0.39, 0.29) is 11.6 Å². The van der Waals surface area contributed by atoms with E-state index in [9.17, 15) is 13.6 Å². The van der Waals surface area contributed by atoms with Gasteiger partial charge in [0, 0.05) is 31.1 Å². The van der Waals surface area contributed by atoms with Crippen molar-refractivity contribution >= 4 is 5.69 Å². The Morgan fingerprint density at radius 2 is 2.11 bits per heavy atom. The van der Waals surface area contributed by atoms with Crippen molar-refractivity contribution in [1.29, 1.82) is 0 Å². The SMILES string of the molecule is CCn1ccnc(Oc2cc(F)c(N)cc2F)c1=O. The summed E-state index contributed by atoms with van der Waals surface area (Å²) in [7, 11) is 0. The van der Waals surface area contributed by atoms with E-state index < -0.39 is 22.9 Å². The van der Waals surface area contributed by atoms with Gasteiger partial charge in [-0.05, 0) is 6.92 Å². The number of hydrogen-bond acceptors (Lipinski definition) is 4. The molecule has 0 amide bonds. The number of ether oxygens (including phenoxy) is 1. The average molecular weight is 267 g/mol. The lowest BCUT2D eigenvalue weighted by atomic mass is 10.3. The highest BCUT2D eigenvalue weighted by Crippen LogP contribution is 2.25. The van der Waals surface area contributed by atoms with Crippen molar-refractivity contribution < 1.29 is 13.5 Å². The van der Waals surface area contributed by atoms with Gasteiger partial charge in [0.05, 0.1) is 5.69 Å². The van der Waals surface area contributed by atoms with Crippen LogP contribution in [0.5, 0.6) is 11.6 Å². The van der Waals surface area contributed by atoms with Gasteiger partial charge in [-0.1, -0.05) is 0 Å². The number of hydrogen-bond donors (Lipinski definition) is 1. The summed E-state index contributed by atoms with van der Waals surface area (Å²) >= 11 is 0. The van der Waals surface area contributed by atoms with Crippen LogP contribution in [0, 0.1) is 11.6 Å². The summed E-state index contributed by atoms with van der Waals surface area (Å²) in [6.45, 7) is 2.17. The highest BCUT2D eigenvalue weighted by Gasteiger charge is 2.13. The maximum atomic E-state index is 13.5. The van der Waals surface area contributed by atoms with Crippen molar-refractivity contribution in [2.45, 2.75) is 13.5 Å². The second-order valence-electron chi connectivity index (χ2n) is 3.73. The lowest BCUT2D eigenvalue weighted by Crippen LogP contribution is -2.20. The molecule has 0 aliphatic carbocycles. The fourth-order valence-corrected chi connectivity index (χ4v) is 1.47. The number of halogens is 2. The van der Waals surface area contributed by atoms with Crippen molar-refractivity contribution in [3.63, 3.8) is 0 Å². The molecule has 1 aromatic carbocycles. The summed E-state index contributed by atoms with van der Waals surface area (Å²) in [6, 6.07) is 1.56. The summed E-state index contributed by atoms with van der Waals surface area (Å²) in [5.41, 5.74) is 4.34. The van der Waals surface area contributed by atoms with Gasteiger partial charge in [-0.3, -0.25) is 4.79 Å². The predicted octanol–water partition coefficient (Wildman–Crippen LogP) is 1.92. The molecule has 0 atom stereocenters. The molecule has 1 aromatic heterocycles. The fourth-order valence-electron chi connectivity index (χ4n) is 1.47. The van der Waals surface area contributed by atoms with Gasteiger partial charge in [0.15, 0.2) is 11.6 Å². The van der Waals surface area contributed by atoms with E-state index in [1.165, 1.54) is 17.0 Å². The van der Waals surface area contributed by atoms with Crippen molar-refractivity contribution in [2.75, 3.05) is 5.73 Å². The molecule has 0 radical (unpaired) electrons. The van der Waals surface area contributed by atoms with Gasteiger partial charge in [-0.2, -0.15) is 0 Å². The molecule has 0 saturated heterocycles. The van der Waals surface area contributed by atoms with E-state index in [1.807, 2.05) is 0 Å². The Labute approximate surface area is 107 Å². The van der Waals surface area contributed by atoms with Gasteiger partial charge in [0.1, 0.15) is 5.82 Å². The Balaban J connectivity index is 2.42. The second kappa shape index (κ2) is 5.05. The molecule has 0 aliphatic heterocycles. The number of anilines is 1. The molecular formula is C12H11F2N3O2. The maximum Gasteiger partial charge on any atom is 0.313 e. The minimum atomic E-state index is -0.869. The molecule has 5 nitrogen and oxygen atoms in total. The maximum absolute atomic E-state index is 13.5. The monoisotopic (exact) mass is 267 g/mol. The fraction of sp³-hybridized carbons (Fsp3) is 0.167. The predicted molar refractivity (Wildman–Crippen MR) is 65.0 cm³/mol. The molecule has 0 aliphatic rings. The molecule has 2 aromatic rings. The minimum absolute atomic E-state index is 0.326. The third kappa shape index (κ3) is 2.54. The van der Waals surface area contributed by atoms with Gasteiger partial charge in [-0.15, -0.1) is 0 Å². The Hall–Kier alpha value is -2.44. The highest BCUT2D eigenvalue weighted by molar-refractivity contribution is 5.45. The third-order valence-electron chi connectivity index (χ3n) is 2.48. The Morgan fingerprint density at radius 3 is 2.79 bits per heavy atom. The van der Waals surface area contributed by atoms with Gasteiger partial charge in [-0.25, -0.2) is 13.8 Å². The summed E-state index contributed by atoms with van der Waals surface area (Å²) in [5.74, 6) is -2.47. The lowest BCUT2D eigenvalue weighted by molar-refractivity contribution is 0.411. The number of benzene rings is 1. The van der Waals surface area contributed by atoms with Crippen molar-refractivity contribution in [1.82, 2.24) is 9.55 Å². The summed E-state index contributed by atoms with van der Waals surface area (Å²) in [5, 5.41) is 0. The number of nitrogens with two attached hydrogens (primary N) is 1. The molecule has 7 heteroatoms. The number of aromatic nitrogens is 2. The van der Waals surface area contributed by atoms with Crippen LogP contribution in [-0.2, 0) is 6.54 Å². The first-order valence-electron chi connectivity index (χ1n) is 5.50. The van der Waals surface area contributed by atoms with Crippen LogP contribution >= 0.6 is 0 Å². The van der Waals surface area contributed by atoms with E-state index in [0.717, 1.165) is 12.1 Å². The highest BCUT2D eigenvalue weighted by atomic mass is 19.1. The summed E-state index contributed by atoms with van der Waals surface area (Å²) < 4.78 is 33.1. The molecule has 0 saturated carbocycles. The zero-order chi connectivity index (χ0) is 14.0. The standard InChI is InChI=1S/C12H11F2N3O2/c1-2-17-4-3-16-11(12(17)18)19-10-6-7(13)9(15)5-8(10)14/h3-6H,2,15H2,1H3. The summed E-state index contributed by atoms with van der Waals surface area (Å²) in [4.78, 5) is 15.5. The lowest BCUT2D eigenvalue weighted by Gasteiger charge is -2.08. The zero-order valence-corrected chi connectivity index (χ0v) is 10.1. The topological polar surface area (TPSA) is 70.1 Å². The first-order valence-corrected chi connectivity index (χ1v) is 5.50. The molecular weight excluding hydrogens is 256 g/mol. The second-order valence-corrected chi connectivity index (χ2v) is 3.73.